The van der Waals surface area contributed by atoms with Gasteiger partial charge in [-0.05, 0) is 39.7 Å². The highest BCUT2D eigenvalue weighted by molar-refractivity contribution is 5.92. The average molecular weight is 346 g/mol. The number of aromatic nitrogens is 5. The number of amides is 1. The van der Waals surface area contributed by atoms with E-state index in [0.717, 1.165) is 18.7 Å². The molecule has 3 rings (SSSR count). The lowest BCUT2D eigenvalue weighted by atomic mass is 9.95. The van der Waals surface area contributed by atoms with Gasteiger partial charge in [0.1, 0.15) is 11.5 Å². The van der Waals surface area contributed by atoms with E-state index in [4.69, 9.17) is 0 Å². The maximum Gasteiger partial charge on any atom is 0.345 e. The van der Waals surface area contributed by atoms with Gasteiger partial charge in [-0.1, -0.05) is 0 Å². The highest BCUT2D eigenvalue weighted by atomic mass is 16.2. The molecule has 0 aliphatic carbocycles. The Kier molecular flexibility index (Phi) is 4.78. The molecular formula is C17H26N6O2. The summed E-state index contributed by atoms with van der Waals surface area (Å²) >= 11 is 0. The van der Waals surface area contributed by atoms with Crippen LogP contribution in [0.3, 0.4) is 0 Å². The van der Waals surface area contributed by atoms with Crippen molar-refractivity contribution < 1.29 is 4.79 Å². The Balaban J connectivity index is 1.74. The molecule has 1 fully saturated rings. The lowest BCUT2D eigenvalue weighted by molar-refractivity contribution is 0.0697. The number of hydrogen-bond acceptors (Lipinski definition) is 4. The minimum Gasteiger partial charge on any atom is -0.337 e. The van der Waals surface area contributed by atoms with Crippen molar-refractivity contribution in [2.45, 2.75) is 52.1 Å². The molecule has 25 heavy (non-hydrogen) atoms. The Morgan fingerprint density at radius 1 is 1.32 bits per heavy atom. The number of carbonyl (C=O) groups is 1. The van der Waals surface area contributed by atoms with E-state index < -0.39 is 0 Å². The monoisotopic (exact) mass is 346 g/mol. The first-order valence-electron chi connectivity index (χ1n) is 8.90. The lowest BCUT2D eigenvalue weighted by Gasteiger charge is -2.32. The molecule has 1 amide bonds. The van der Waals surface area contributed by atoms with Gasteiger partial charge in [-0.15, -0.1) is 0 Å². The second-order valence-electron chi connectivity index (χ2n) is 6.83. The molecule has 0 N–H and O–H groups in total. The van der Waals surface area contributed by atoms with Gasteiger partial charge < -0.3 is 4.90 Å². The number of rotatable bonds is 4. The summed E-state index contributed by atoms with van der Waals surface area (Å²) in [6, 6.07) is 1.85. The molecule has 2 aromatic heterocycles. The second kappa shape index (κ2) is 6.85. The maximum atomic E-state index is 12.7. The molecule has 1 aliphatic rings. The molecule has 8 heteroatoms. The summed E-state index contributed by atoms with van der Waals surface area (Å²) < 4.78 is 4.91. The minimum atomic E-state index is -0.0737. The lowest BCUT2D eigenvalue weighted by Crippen LogP contribution is -2.39. The van der Waals surface area contributed by atoms with Crippen LogP contribution in [-0.2, 0) is 13.6 Å². The fraction of sp³-hybridized carbons (Fsp3) is 0.647. The van der Waals surface area contributed by atoms with E-state index in [1.165, 1.54) is 4.68 Å². The van der Waals surface area contributed by atoms with E-state index in [1.807, 2.05) is 25.7 Å². The van der Waals surface area contributed by atoms with Gasteiger partial charge in [0.25, 0.3) is 5.91 Å². The molecular weight excluding hydrogens is 320 g/mol. The van der Waals surface area contributed by atoms with Crippen LogP contribution in [0, 0.1) is 0 Å². The van der Waals surface area contributed by atoms with Gasteiger partial charge in [0.2, 0.25) is 0 Å². The Morgan fingerprint density at radius 3 is 2.60 bits per heavy atom. The van der Waals surface area contributed by atoms with Crippen LogP contribution in [0.4, 0.5) is 0 Å². The molecule has 0 spiro atoms. The molecule has 0 radical (unpaired) electrons. The Labute approximate surface area is 147 Å². The Bertz CT molecular complexity index is 807. The van der Waals surface area contributed by atoms with Crippen LogP contribution in [0.2, 0.25) is 0 Å². The molecule has 136 valence electrons. The van der Waals surface area contributed by atoms with Crippen molar-refractivity contribution in [3.63, 3.8) is 0 Å². The number of likely N-dealkylation sites (tertiary alicyclic amines) is 1. The molecule has 3 heterocycles. The molecule has 8 nitrogen and oxygen atoms in total. The molecule has 0 bridgehead atoms. The topological polar surface area (TPSA) is 78.0 Å². The fourth-order valence-electron chi connectivity index (χ4n) is 3.53. The second-order valence-corrected chi connectivity index (χ2v) is 6.83. The van der Waals surface area contributed by atoms with Crippen molar-refractivity contribution in [3.8, 4) is 0 Å². The van der Waals surface area contributed by atoms with E-state index in [9.17, 15) is 9.59 Å². The van der Waals surface area contributed by atoms with E-state index in [2.05, 4.69) is 10.2 Å². The zero-order chi connectivity index (χ0) is 18.1. The van der Waals surface area contributed by atoms with Crippen molar-refractivity contribution in [3.05, 3.63) is 34.3 Å². The van der Waals surface area contributed by atoms with Crippen molar-refractivity contribution in [2.24, 2.45) is 7.05 Å². The molecule has 1 aliphatic heterocycles. The number of piperidine rings is 1. The van der Waals surface area contributed by atoms with Gasteiger partial charge in [0.15, 0.2) is 0 Å². The van der Waals surface area contributed by atoms with E-state index in [-0.39, 0.29) is 23.6 Å². The van der Waals surface area contributed by atoms with Gasteiger partial charge in [0, 0.05) is 44.8 Å². The Morgan fingerprint density at radius 2 is 2.00 bits per heavy atom. The third kappa shape index (κ3) is 3.12. The zero-order valence-electron chi connectivity index (χ0n) is 15.3. The third-order valence-corrected chi connectivity index (χ3v) is 4.88. The number of aryl methyl sites for hydroxylation is 2. The zero-order valence-corrected chi connectivity index (χ0v) is 15.3. The molecule has 1 saturated heterocycles. The third-order valence-electron chi connectivity index (χ3n) is 4.88. The first-order chi connectivity index (χ1) is 11.9. The molecule has 0 aromatic carbocycles. The van der Waals surface area contributed by atoms with E-state index in [0.29, 0.717) is 25.3 Å². The van der Waals surface area contributed by atoms with Gasteiger partial charge in [-0.25, -0.2) is 9.48 Å². The largest absolute Gasteiger partial charge is 0.345 e. The van der Waals surface area contributed by atoms with Crippen molar-refractivity contribution in [2.75, 3.05) is 13.1 Å². The Hall–Kier alpha value is -2.38. The van der Waals surface area contributed by atoms with E-state index in [1.54, 1.807) is 28.6 Å². The van der Waals surface area contributed by atoms with Crippen LogP contribution >= 0.6 is 0 Å². The van der Waals surface area contributed by atoms with Gasteiger partial charge in [0.05, 0.1) is 0 Å². The molecule has 2 aromatic rings. The van der Waals surface area contributed by atoms with Crippen LogP contribution in [0.25, 0.3) is 0 Å². The summed E-state index contributed by atoms with van der Waals surface area (Å²) in [7, 11) is 1.69. The normalized spacial score (nSPS) is 16.0. The number of hydrogen-bond donors (Lipinski definition) is 0. The fourth-order valence-corrected chi connectivity index (χ4v) is 3.53. The highest BCUT2D eigenvalue weighted by Crippen LogP contribution is 2.28. The molecule has 0 saturated carbocycles. The highest BCUT2D eigenvalue weighted by Gasteiger charge is 2.30. The molecule has 0 unspecified atom stereocenters. The van der Waals surface area contributed by atoms with Crippen LogP contribution in [0.15, 0.2) is 17.1 Å². The first kappa shape index (κ1) is 17.4. The predicted molar refractivity (Wildman–Crippen MR) is 93.6 cm³/mol. The van der Waals surface area contributed by atoms with Crippen molar-refractivity contribution >= 4 is 5.91 Å². The summed E-state index contributed by atoms with van der Waals surface area (Å²) in [5.41, 5.74) is 0.563. The summed E-state index contributed by atoms with van der Waals surface area (Å²) in [4.78, 5) is 26.8. The number of carbonyl (C=O) groups excluding carboxylic acids is 1. The van der Waals surface area contributed by atoms with Gasteiger partial charge in [-0.2, -0.15) is 10.2 Å². The van der Waals surface area contributed by atoms with Crippen LogP contribution in [0.5, 0.6) is 0 Å². The summed E-state index contributed by atoms with van der Waals surface area (Å²) in [6.07, 6.45) is 3.29. The van der Waals surface area contributed by atoms with Gasteiger partial charge in [-0.3, -0.25) is 14.0 Å². The average Bonchev–Trinajstić information content (AvgIpc) is 3.19. The standard InChI is InChI=1S/C17H26N6O2/c1-5-22-14(6-9-18-22)16(24)21-10-7-13(8-11-21)15-19-20(4)17(25)23(15)12(2)3/h6,9,12-13H,5,7-8,10-11H2,1-4H3. The van der Waals surface area contributed by atoms with Gasteiger partial charge >= 0.3 is 5.69 Å². The summed E-state index contributed by atoms with van der Waals surface area (Å²) in [6.45, 7) is 7.98. The van der Waals surface area contributed by atoms with Crippen LogP contribution in [0.1, 0.15) is 61.9 Å². The van der Waals surface area contributed by atoms with Crippen LogP contribution in [-0.4, -0.2) is 48.0 Å². The summed E-state index contributed by atoms with van der Waals surface area (Å²) in [5.74, 6) is 1.07. The van der Waals surface area contributed by atoms with E-state index >= 15 is 0 Å². The SMILES string of the molecule is CCn1nccc1C(=O)N1CCC(c2nn(C)c(=O)n2C(C)C)CC1. The number of nitrogens with zero attached hydrogens (tertiary/aromatic N) is 6. The smallest absolute Gasteiger partial charge is 0.337 e. The first-order valence-corrected chi connectivity index (χ1v) is 8.90. The summed E-state index contributed by atoms with van der Waals surface area (Å²) in [5, 5.41) is 8.63. The quantitative estimate of drug-likeness (QED) is 0.838. The maximum absolute atomic E-state index is 12.7. The van der Waals surface area contributed by atoms with Crippen molar-refractivity contribution in [1.29, 1.82) is 0 Å². The molecule has 0 atom stereocenters. The minimum absolute atomic E-state index is 0.0278. The van der Waals surface area contributed by atoms with Crippen LogP contribution < -0.4 is 5.69 Å². The van der Waals surface area contributed by atoms with Crippen molar-refractivity contribution in [1.82, 2.24) is 29.0 Å². The predicted octanol–water partition coefficient (Wildman–Crippen LogP) is 1.40.